The Hall–Kier alpha value is -2.35. The van der Waals surface area contributed by atoms with Crippen molar-refractivity contribution in [2.75, 3.05) is 27.2 Å². The third-order valence-electron chi connectivity index (χ3n) is 13.0. The Morgan fingerprint density at radius 3 is 1.90 bits per heavy atom. The zero-order chi connectivity index (χ0) is 34.9. The molecule has 0 radical (unpaired) electrons. The quantitative estimate of drug-likeness (QED) is 0.204. The van der Waals surface area contributed by atoms with Gasteiger partial charge in [0.25, 0.3) is 11.8 Å². The number of nitrogens with one attached hydrogen (secondary N) is 1. The van der Waals surface area contributed by atoms with Crippen LogP contribution in [-0.2, 0) is 9.59 Å². The normalized spacial score (nSPS) is 38.3. The Balaban J connectivity index is 1.46. The number of allylic oxidation sites excluding steroid dienone is 9. The van der Waals surface area contributed by atoms with Crippen molar-refractivity contribution in [3.8, 4) is 0 Å². The summed E-state index contributed by atoms with van der Waals surface area (Å²) in [6.07, 6.45) is 16.6. The predicted octanol–water partition coefficient (Wildman–Crippen LogP) is 6.61. The van der Waals surface area contributed by atoms with Gasteiger partial charge in [0.15, 0.2) is 0 Å². The number of imide groups is 2. The number of likely N-dealkylation sites (tertiary alicyclic amines) is 2. The molecule has 3 aliphatic heterocycles. The van der Waals surface area contributed by atoms with Gasteiger partial charge >= 0.3 is 6.03 Å². The molecule has 0 spiro atoms. The summed E-state index contributed by atoms with van der Waals surface area (Å²) >= 11 is 13.4. The van der Waals surface area contributed by atoms with Crippen LogP contribution in [0.3, 0.4) is 0 Å². The zero-order valence-electron chi connectivity index (χ0n) is 30.2. The van der Waals surface area contributed by atoms with Gasteiger partial charge in [-0.15, -0.1) is 23.2 Å². The third-order valence-corrected chi connectivity index (χ3v) is 13.8. The maximum Gasteiger partial charge on any atom is 0.333 e. The van der Waals surface area contributed by atoms with E-state index in [-0.39, 0.29) is 27.2 Å². The van der Waals surface area contributed by atoms with Crippen LogP contribution in [0.2, 0.25) is 0 Å². The van der Waals surface area contributed by atoms with E-state index in [1.54, 1.807) is 0 Å². The third kappa shape index (κ3) is 5.64. The molecule has 7 atom stereocenters. The van der Waals surface area contributed by atoms with Crippen LogP contribution in [-0.4, -0.2) is 82.6 Å². The molecule has 4 amide bonds. The Morgan fingerprint density at radius 2 is 1.31 bits per heavy atom. The van der Waals surface area contributed by atoms with Crippen LogP contribution in [0.4, 0.5) is 4.79 Å². The standard InChI is InChI=1S/C39H54Cl2N4O3/c1-9-44-29-17-15-25(40)21-27(29)38(3,4)31(44)19-13-23-11-12-24(33(23)34-35(46)42(7)37(48)43(8)36(34)47)14-20-32-39(5,6)28-22-26(41)16-18-30(28)45(32)10-2/h13-14,19-20,25-30H,9-12,15-18,21-22H2,1-8H3/p+1/b23-13+,24-14+,31-19+,32-20+. The van der Waals surface area contributed by atoms with Crippen molar-refractivity contribution in [2.45, 2.75) is 116 Å². The number of quaternary nitrogens is 1. The molecule has 3 heterocycles. The van der Waals surface area contributed by atoms with Crippen molar-refractivity contribution in [3.05, 3.63) is 58.0 Å². The highest BCUT2D eigenvalue weighted by Crippen LogP contribution is 2.54. The Kier molecular flexibility index (Phi) is 9.67. The van der Waals surface area contributed by atoms with Gasteiger partial charge in [0.1, 0.15) is 11.3 Å². The minimum atomic E-state index is -0.603. The monoisotopic (exact) mass is 697 g/mol. The number of halogens is 2. The summed E-state index contributed by atoms with van der Waals surface area (Å²) in [7, 11) is 2.92. The number of nitrogens with zero attached hydrogens (tertiary/aromatic N) is 3. The largest absolute Gasteiger partial charge is 0.371 e. The fourth-order valence-electron chi connectivity index (χ4n) is 10.4. The summed E-state index contributed by atoms with van der Waals surface area (Å²) in [5.41, 5.74) is 5.33. The van der Waals surface area contributed by atoms with Gasteiger partial charge in [-0.1, -0.05) is 39.8 Å². The average Bonchev–Trinajstić information content (AvgIpc) is 3.61. The number of amides is 4. The fraction of sp³-hybridized carbons (Fsp3) is 0.667. The van der Waals surface area contributed by atoms with E-state index in [0.29, 0.717) is 29.5 Å². The van der Waals surface area contributed by atoms with Crippen LogP contribution in [0.25, 0.3) is 0 Å². The number of carbonyl (C=O) groups excluding carboxylic acids is 3. The molecule has 7 nitrogen and oxygen atoms in total. The van der Waals surface area contributed by atoms with Crippen LogP contribution < -0.4 is 4.90 Å². The van der Waals surface area contributed by atoms with Crippen LogP contribution in [0.15, 0.2) is 58.0 Å². The second-order valence-electron chi connectivity index (χ2n) is 16.1. The summed E-state index contributed by atoms with van der Waals surface area (Å²) < 4.78 is 0. The lowest BCUT2D eigenvalue weighted by Crippen LogP contribution is -3.12. The van der Waals surface area contributed by atoms with Gasteiger partial charge in [-0.05, 0) is 93.6 Å². The van der Waals surface area contributed by atoms with E-state index >= 15 is 0 Å². The second-order valence-corrected chi connectivity index (χ2v) is 17.3. The van der Waals surface area contributed by atoms with Crippen LogP contribution in [0.1, 0.15) is 92.9 Å². The summed E-state index contributed by atoms with van der Waals surface area (Å²) in [5, 5.41) is 0.439. The lowest BCUT2D eigenvalue weighted by atomic mass is 9.70. The summed E-state index contributed by atoms with van der Waals surface area (Å²) in [6, 6.07) is 0.422. The molecule has 0 aromatic carbocycles. The first-order valence-electron chi connectivity index (χ1n) is 18.2. The van der Waals surface area contributed by atoms with Crippen LogP contribution in [0.5, 0.6) is 0 Å². The van der Waals surface area contributed by atoms with Crippen molar-refractivity contribution in [2.24, 2.45) is 22.7 Å². The number of urea groups is 1. The Morgan fingerprint density at radius 1 is 0.750 bits per heavy atom. The first kappa shape index (κ1) is 35.5. The van der Waals surface area contributed by atoms with E-state index in [9.17, 15) is 14.4 Å². The molecule has 3 saturated heterocycles. The summed E-state index contributed by atoms with van der Waals surface area (Å²) in [4.78, 5) is 46.5. The van der Waals surface area contributed by atoms with Crippen molar-refractivity contribution in [3.63, 3.8) is 0 Å². The Bertz CT molecular complexity index is 1430. The minimum Gasteiger partial charge on any atom is -0.371 e. The number of likely N-dealkylation sites (N-methyl/N-ethyl adjacent to an activating group) is 2. The van der Waals surface area contributed by atoms with Gasteiger partial charge in [0, 0.05) is 66.3 Å². The average molecular weight is 699 g/mol. The van der Waals surface area contributed by atoms with Crippen molar-refractivity contribution in [1.82, 2.24) is 14.7 Å². The molecular weight excluding hydrogens is 643 g/mol. The molecule has 3 saturated carbocycles. The number of rotatable bonds is 4. The number of barbiturate groups is 1. The van der Waals surface area contributed by atoms with Crippen molar-refractivity contribution < 1.29 is 19.3 Å². The van der Waals surface area contributed by atoms with Gasteiger partial charge in [0.2, 0.25) is 0 Å². The first-order valence-corrected chi connectivity index (χ1v) is 19.1. The van der Waals surface area contributed by atoms with Crippen LogP contribution in [0, 0.1) is 22.7 Å². The molecule has 6 aliphatic rings. The molecule has 6 fully saturated rings. The maximum absolute atomic E-state index is 13.8. The minimum absolute atomic E-state index is 0.0184. The van der Waals surface area contributed by atoms with E-state index in [0.717, 1.165) is 85.4 Å². The summed E-state index contributed by atoms with van der Waals surface area (Å²) in [5.74, 6) is -0.0726. The molecule has 3 aliphatic carbocycles. The van der Waals surface area contributed by atoms with Crippen molar-refractivity contribution in [1.29, 1.82) is 0 Å². The lowest BCUT2D eigenvalue weighted by molar-refractivity contribution is -0.880. The van der Waals surface area contributed by atoms with E-state index in [4.69, 9.17) is 23.2 Å². The van der Waals surface area contributed by atoms with Gasteiger partial charge < -0.3 is 9.80 Å². The van der Waals surface area contributed by atoms with Crippen LogP contribution >= 0.6 is 23.2 Å². The number of fused-ring (bicyclic) bond motifs is 2. The molecule has 6 rings (SSSR count). The van der Waals surface area contributed by atoms with E-state index in [2.05, 4.69) is 70.7 Å². The molecule has 262 valence electrons. The molecule has 48 heavy (non-hydrogen) atoms. The Labute approximate surface area is 297 Å². The van der Waals surface area contributed by atoms with Gasteiger partial charge in [0.05, 0.1) is 12.6 Å². The molecule has 7 unspecified atom stereocenters. The zero-order valence-corrected chi connectivity index (χ0v) is 31.7. The lowest BCUT2D eigenvalue weighted by Gasteiger charge is -2.36. The topological polar surface area (TPSA) is 65.4 Å². The molecule has 0 aromatic rings. The predicted molar refractivity (Wildman–Crippen MR) is 193 cm³/mol. The number of hydrogen-bond donors (Lipinski definition) is 1. The second kappa shape index (κ2) is 13.1. The van der Waals surface area contributed by atoms with Gasteiger partial charge in [-0.2, -0.15) is 0 Å². The maximum atomic E-state index is 13.8. The molecular formula is C39H55Cl2N4O3+. The highest BCUT2D eigenvalue weighted by molar-refractivity contribution is 6.29. The van der Waals surface area contributed by atoms with E-state index in [1.807, 2.05) is 0 Å². The number of hydrogen-bond acceptors (Lipinski definition) is 4. The molecule has 0 bridgehead atoms. The van der Waals surface area contributed by atoms with E-state index < -0.39 is 17.8 Å². The van der Waals surface area contributed by atoms with Gasteiger partial charge in [-0.25, -0.2) is 4.79 Å². The fourth-order valence-corrected chi connectivity index (χ4v) is 11.0. The smallest absolute Gasteiger partial charge is 0.333 e. The SMILES string of the molecule is CCN1/C(=C/C=C2\CC/C(=C\C=C3\[NH+](CC)C4CCC(Cl)CC4C3(C)C)C2=C2C(=O)N(C)C(=O)N(C)C2=O)C(C)(C)C2CC(Cl)CCC21. The highest BCUT2D eigenvalue weighted by Gasteiger charge is 2.56. The summed E-state index contributed by atoms with van der Waals surface area (Å²) in [6.45, 7) is 15.8. The molecule has 9 heteroatoms. The molecule has 0 aromatic heterocycles. The van der Waals surface area contributed by atoms with E-state index in [1.165, 1.54) is 30.4 Å². The molecule has 1 N–H and O–H groups in total. The first-order chi connectivity index (χ1) is 22.6. The number of carbonyl (C=O) groups is 3. The van der Waals surface area contributed by atoms with Gasteiger partial charge in [-0.3, -0.25) is 19.4 Å². The highest BCUT2D eigenvalue weighted by atomic mass is 35.5. The van der Waals surface area contributed by atoms with Crippen molar-refractivity contribution >= 4 is 41.0 Å². The number of alkyl halides is 2.